The van der Waals surface area contributed by atoms with Crippen LogP contribution in [0, 0.1) is 11.3 Å². The molecule has 176 valence electrons. The molecule has 0 saturated carbocycles. The Kier molecular flexibility index (Phi) is 12.2. The second-order valence-corrected chi connectivity index (χ2v) is 8.98. The SMILES string of the molecule is CC(C)(C)OC(=O)N[C@@H](CSCC#N)C(=O)O.O=C(OCc1ccccc1)[C@@H]1CCCN1. The number of hydrogen-bond donors (Lipinski definition) is 3. The second kappa shape index (κ2) is 14.3. The Bertz CT molecular complexity index is 770. The van der Waals surface area contributed by atoms with Crippen molar-refractivity contribution < 1.29 is 29.0 Å². The number of aliphatic carboxylic acids is 1. The summed E-state index contributed by atoms with van der Waals surface area (Å²) < 4.78 is 10.1. The zero-order valence-corrected chi connectivity index (χ0v) is 19.4. The van der Waals surface area contributed by atoms with Crippen LogP contribution < -0.4 is 10.6 Å². The first-order valence-corrected chi connectivity index (χ1v) is 11.4. The minimum atomic E-state index is -1.15. The van der Waals surface area contributed by atoms with Gasteiger partial charge in [-0.1, -0.05) is 30.3 Å². The number of hydrogen-bond acceptors (Lipinski definition) is 8. The molecule has 3 N–H and O–H groups in total. The quantitative estimate of drug-likeness (QED) is 0.391. The third kappa shape index (κ3) is 12.2. The highest BCUT2D eigenvalue weighted by molar-refractivity contribution is 7.99. The molecule has 1 amide bonds. The van der Waals surface area contributed by atoms with Gasteiger partial charge in [0.25, 0.3) is 0 Å². The number of carboxylic acids is 1. The molecule has 2 atom stereocenters. The normalized spacial score (nSPS) is 16.0. The molecule has 1 aromatic carbocycles. The molecule has 0 radical (unpaired) electrons. The Labute approximate surface area is 192 Å². The summed E-state index contributed by atoms with van der Waals surface area (Å²) in [5, 5.41) is 22.5. The molecule has 9 nitrogen and oxygen atoms in total. The lowest BCUT2D eigenvalue weighted by molar-refractivity contribution is -0.147. The molecule has 1 saturated heterocycles. The van der Waals surface area contributed by atoms with Crippen LogP contribution in [0.1, 0.15) is 39.2 Å². The van der Waals surface area contributed by atoms with E-state index in [1.807, 2.05) is 36.4 Å². The average molecular weight is 466 g/mol. The van der Waals surface area contributed by atoms with Crippen LogP contribution in [-0.2, 0) is 25.7 Å². The summed E-state index contributed by atoms with van der Waals surface area (Å²) in [6, 6.07) is 10.5. The number of alkyl carbamates (subject to hydrolysis) is 1. The first-order valence-electron chi connectivity index (χ1n) is 10.2. The van der Waals surface area contributed by atoms with Gasteiger partial charge in [0, 0.05) is 5.75 Å². The number of thioether (sulfide) groups is 1. The van der Waals surface area contributed by atoms with Crippen LogP contribution in [0.15, 0.2) is 30.3 Å². The van der Waals surface area contributed by atoms with Crippen LogP contribution in [0.2, 0.25) is 0 Å². The average Bonchev–Trinajstić information content (AvgIpc) is 3.26. The Balaban J connectivity index is 0.000000321. The minimum Gasteiger partial charge on any atom is -0.480 e. The van der Waals surface area contributed by atoms with Gasteiger partial charge in [0.2, 0.25) is 0 Å². The van der Waals surface area contributed by atoms with Gasteiger partial charge in [-0.05, 0) is 45.7 Å². The van der Waals surface area contributed by atoms with E-state index in [4.69, 9.17) is 19.8 Å². The maximum atomic E-state index is 11.5. The Morgan fingerprint density at radius 2 is 2.00 bits per heavy atom. The molecule has 32 heavy (non-hydrogen) atoms. The van der Waals surface area contributed by atoms with Gasteiger partial charge in [0.15, 0.2) is 0 Å². The lowest BCUT2D eigenvalue weighted by Crippen LogP contribution is -2.44. The highest BCUT2D eigenvalue weighted by Gasteiger charge is 2.24. The number of rotatable bonds is 8. The molecule has 1 fully saturated rings. The van der Waals surface area contributed by atoms with Gasteiger partial charge in [0.05, 0.1) is 11.8 Å². The maximum absolute atomic E-state index is 11.5. The maximum Gasteiger partial charge on any atom is 0.408 e. The highest BCUT2D eigenvalue weighted by Crippen LogP contribution is 2.09. The summed E-state index contributed by atoms with van der Waals surface area (Å²) in [5.41, 5.74) is 0.358. The number of carbonyl (C=O) groups is 3. The largest absolute Gasteiger partial charge is 0.480 e. The van der Waals surface area contributed by atoms with E-state index in [9.17, 15) is 14.4 Å². The summed E-state index contributed by atoms with van der Waals surface area (Å²) in [4.78, 5) is 33.7. The van der Waals surface area contributed by atoms with Crippen molar-refractivity contribution in [2.75, 3.05) is 18.1 Å². The van der Waals surface area contributed by atoms with E-state index >= 15 is 0 Å². The molecule has 1 aromatic rings. The van der Waals surface area contributed by atoms with Crippen LogP contribution in [0.3, 0.4) is 0 Å². The number of nitriles is 1. The number of nitrogens with zero attached hydrogens (tertiary/aromatic N) is 1. The molecule has 1 aliphatic heterocycles. The standard InChI is InChI=1S/C12H15NO2.C10H16N2O4S/c14-12(11-7-4-8-13-11)15-9-10-5-2-1-3-6-10;1-10(2,3)16-9(15)12-7(8(13)14)6-17-5-4-11/h1-3,5-6,11,13H,4,7-9H2;7H,5-6H2,1-3H3,(H,12,15)(H,13,14)/t11-;7-/m00/s1. The van der Waals surface area contributed by atoms with Crippen LogP contribution >= 0.6 is 11.8 Å². The van der Waals surface area contributed by atoms with E-state index in [1.165, 1.54) is 0 Å². The van der Waals surface area contributed by atoms with Crippen LogP contribution in [-0.4, -0.2) is 58.9 Å². The molecule has 1 aliphatic rings. The molecular weight excluding hydrogens is 434 g/mol. The predicted molar refractivity (Wildman–Crippen MR) is 121 cm³/mol. The molecule has 0 aliphatic carbocycles. The van der Waals surface area contributed by atoms with Gasteiger partial charge in [-0.15, -0.1) is 11.8 Å². The van der Waals surface area contributed by atoms with Crippen molar-refractivity contribution in [1.82, 2.24) is 10.6 Å². The first kappa shape index (κ1) is 27.3. The van der Waals surface area contributed by atoms with Crippen LogP contribution in [0.25, 0.3) is 0 Å². The fourth-order valence-corrected chi connectivity index (χ4v) is 3.23. The van der Waals surface area contributed by atoms with Gasteiger partial charge in [0.1, 0.15) is 24.3 Å². The van der Waals surface area contributed by atoms with Crippen molar-refractivity contribution in [3.63, 3.8) is 0 Å². The summed E-state index contributed by atoms with van der Waals surface area (Å²) in [7, 11) is 0. The van der Waals surface area contributed by atoms with E-state index < -0.39 is 23.7 Å². The van der Waals surface area contributed by atoms with Crippen molar-refractivity contribution in [2.24, 2.45) is 0 Å². The van der Waals surface area contributed by atoms with E-state index in [2.05, 4.69) is 10.6 Å². The van der Waals surface area contributed by atoms with Crippen molar-refractivity contribution >= 4 is 29.8 Å². The highest BCUT2D eigenvalue weighted by atomic mass is 32.2. The summed E-state index contributed by atoms with van der Waals surface area (Å²) in [5.74, 6) is -0.972. The lowest BCUT2D eigenvalue weighted by atomic mass is 10.2. The number of ether oxygens (including phenoxy) is 2. The summed E-state index contributed by atoms with van der Waals surface area (Å²) in [6.45, 7) is 6.36. The van der Waals surface area contributed by atoms with Gasteiger partial charge in [-0.3, -0.25) is 4.79 Å². The Hall–Kier alpha value is -2.77. The molecule has 0 bridgehead atoms. The van der Waals surface area contributed by atoms with Crippen LogP contribution in [0.4, 0.5) is 4.79 Å². The molecule has 0 spiro atoms. The van der Waals surface area contributed by atoms with E-state index in [-0.39, 0.29) is 23.5 Å². The molecule has 1 heterocycles. The fraction of sp³-hybridized carbons (Fsp3) is 0.545. The number of esters is 1. The molecule has 0 unspecified atom stereocenters. The van der Waals surface area contributed by atoms with Crippen molar-refractivity contribution in [3.8, 4) is 6.07 Å². The Morgan fingerprint density at radius 3 is 2.53 bits per heavy atom. The number of carboxylic acid groups (broad SMARTS) is 1. The van der Waals surface area contributed by atoms with E-state index in [1.54, 1.807) is 20.8 Å². The topological polar surface area (TPSA) is 138 Å². The van der Waals surface area contributed by atoms with Gasteiger partial charge < -0.3 is 25.2 Å². The minimum absolute atomic E-state index is 0.0892. The van der Waals surface area contributed by atoms with Gasteiger partial charge in [-0.25, -0.2) is 9.59 Å². The lowest BCUT2D eigenvalue weighted by Gasteiger charge is -2.21. The molecule has 0 aromatic heterocycles. The van der Waals surface area contributed by atoms with Crippen molar-refractivity contribution in [2.45, 2.75) is 57.9 Å². The first-order chi connectivity index (χ1) is 15.1. The third-order valence-corrected chi connectivity index (χ3v) is 4.91. The number of benzene rings is 1. The van der Waals surface area contributed by atoms with Crippen LogP contribution in [0.5, 0.6) is 0 Å². The van der Waals surface area contributed by atoms with E-state index in [0.717, 1.165) is 36.7 Å². The van der Waals surface area contributed by atoms with Gasteiger partial charge >= 0.3 is 18.0 Å². The predicted octanol–water partition coefficient (Wildman–Crippen LogP) is 2.70. The summed E-state index contributed by atoms with van der Waals surface area (Å²) in [6.07, 6.45) is 1.18. The monoisotopic (exact) mass is 465 g/mol. The van der Waals surface area contributed by atoms with E-state index in [0.29, 0.717) is 6.61 Å². The zero-order valence-electron chi connectivity index (χ0n) is 18.6. The summed E-state index contributed by atoms with van der Waals surface area (Å²) >= 11 is 1.14. The molecular formula is C22H31N3O6S. The molecule has 10 heteroatoms. The number of carbonyl (C=O) groups excluding carboxylic acids is 2. The van der Waals surface area contributed by atoms with Gasteiger partial charge in [-0.2, -0.15) is 5.26 Å². The Morgan fingerprint density at radius 1 is 1.31 bits per heavy atom. The third-order valence-electron chi connectivity index (χ3n) is 4.01. The van der Waals surface area contributed by atoms with Crippen molar-refractivity contribution in [3.05, 3.63) is 35.9 Å². The zero-order chi connectivity index (χ0) is 24.0. The molecule has 2 rings (SSSR count). The number of amides is 1. The smallest absolute Gasteiger partial charge is 0.408 e. The second-order valence-electron chi connectivity index (χ2n) is 7.95. The van der Waals surface area contributed by atoms with Crippen molar-refractivity contribution in [1.29, 1.82) is 5.26 Å². The number of nitrogens with one attached hydrogen (secondary N) is 2. The fourth-order valence-electron chi connectivity index (χ4n) is 2.56.